The van der Waals surface area contributed by atoms with Crippen molar-refractivity contribution in [1.29, 1.82) is 0 Å². The molecule has 2 aliphatic rings. The SMILES string of the molecule is O=C1NCC[C@H]1N1CCC(n2cc(Br)cn2)CC1. The van der Waals surface area contributed by atoms with E-state index < -0.39 is 0 Å². The van der Waals surface area contributed by atoms with E-state index in [1.54, 1.807) is 0 Å². The zero-order valence-electron chi connectivity index (χ0n) is 10.2. The molecule has 3 heterocycles. The number of nitrogens with one attached hydrogen (secondary N) is 1. The predicted octanol–water partition coefficient (Wildman–Crippen LogP) is 1.17. The fourth-order valence-corrected chi connectivity index (χ4v) is 3.21. The lowest BCUT2D eigenvalue weighted by Gasteiger charge is -2.34. The first-order chi connectivity index (χ1) is 8.74. The molecule has 98 valence electrons. The van der Waals surface area contributed by atoms with Crippen LogP contribution in [0.5, 0.6) is 0 Å². The van der Waals surface area contributed by atoms with Gasteiger partial charge in [-0.2, -0.15) is 5.10 Å². The molecule has 0 bridgehead atoms. The fraction of sp³-hybridized carbons (Fsp3) is 0.667. The maximum absolute atomic E-state index is 11.7. The van der Waals surface area contributed by atoms with E-state index in [2.05, 4.69) is 31.2 Å². The third-order valence-electron chi connectivity index (χ3n) is 3.90. The number of nitrogens with zero attached hydrogens (tertiary/aromatic N) is 3. The summed E-state index contributed by atoms with van der Waals surface area (Å²) in [5.74, 6) is 0.204. The summed E-state index contributed by atoms with van der Waals surface area (Å²) in [7, 11) is 0. The zero-order valence-corrected chi connectivity index (χ0v) is 11.8. The van der Waals surface area contributed by atoms with Crippen molar-refractivity contribution < 1.29 is 4.79 Å². The van der Waals surface area contributed by atoms with Crippen molar-refractivity contribution in [3.63, 3.8) is 0 Å². The van der Waals surface area contributed by atoms with Gasteiger partial charge in [-0.1, -0.05) is 0 Å². The van der Waals surface area contributed by atoms with Crippen LogP contribution in [0, 0.1) is 0 Å². The van der Waals surface area contributed by atoms with Gasteiger partial charge in [0.2, 0.25) is 5.91 Å². The van der Waals surface area contributed by atoms with Gasteiger partial charge in [0.25, 0.3) is 0 Å². The third-order valence-corrected chi connectivity index (χ3v) is 4.31. The monoisotopic (exact) mass is 312 g/mol. The van der Waals surface area contributed by atoms with Crippen LogP contribution in [0.1, 0.15) is 25.3 Å². The highest BCUT2D eigenvalue weighted by atomic mass is 79.9. The molecule has 6 heteroatoms. The van der Waals surface area contributed by atoms with Crippen molar-refractivity contribution in [3.05, 3.63) is 16.9 Å². The Balaban J connectivity index is 1.59. The lowest BCUT2D eigenvalue weighted by molar-refractivity contribution is -0.124. The van der Waals surface area contributed by atoms with Gasteiger partial charge in [0.05, 0.1) is 22.8 Å². The first kappa shape index (κ1) is 12.2. The summed E-state index contributed by atoms with van der Waals surface area (Å²) in [4.78, 5) is 14.0. The number of rotatable bonds is 2. The maximum Gasteiger partial charge on any atom is 0.237 e. The molecule has 0 saturated carbocycles. The third kappa shape index (κ3) is 2.31. The standard InChI is InChI=1S/C12H17BrN4O/c13-9-7-15-17(8-9)10-2-5-16(6-3-10)11-1-4-14-12(11)18/h7-8,10-11H,1-6H2,(H,14,18)/t11-/m1/s1. The van der Waals surface area contributed by atoms with E-state index in [1.807, 2.05) is 17.1 Å². The molecule has 1 atom stereocenters. The number of aromatic nitrogens is 2. The molecule has 0 aliphatic carbocycles. The van der Waals surface area contributed by atoms with E-state index in [4.69, 9.17) is 0 Å². The molecule has 0 spiro atoms. The molecule has 2 fully saturated rings. The molecular weight excluding hydrogens is 296 g/mol. The minimum Gasteiger partial charge on any atom is -0.355 e. The molecule has 2 saturated heterocycles. The Morgan fingerprint density at radius 2 is 2.11 bits per heavy atom. The summed E-state index contributed by atoms with van der Waals surface area (Å²) in [6, 6.07) is 0.576. The summed E-state index contributed by atoms with van der Waals surface area (Å²) in [6.07, 6.45) is 6.95. The molecule has 0 unspecified atom stereocenters. The first-order valence-electron chi connectivity index (χ1n) is 6.45. The van der Waals surface area contributed by atoms with Crippen molar-refractivity contribution in [2.24, 2.45) is 0 Å². The second-order valence-corrected chi connectivity index (χ2v) is 5.92. The molecule has 1 aromatic heterocycles. The molecule has 1 amide bonds. The lowest BCUT2D eigenvalue weighted by Crippen LogP contribution is -2.45. The van der Waals surface area contributed by atoms with Crippen molar-refractivity contribution in [3.8, 4) is 0 Å². The lowest BCUT2D eigenvalue weighted by atomic mass is 10.0. The second kappa shape index (κ2) is 5.01. The van der Waals surface area contributed by atoms with Crippen molar-refractivity contribution in [2.75, 3.05) is 19.6 Å². The number of hydrogen-bond donors (Lipinski definition) is 1. The summed E-state index contributed by atoms with van der Waals surface area (Å²) in [5.41, 5.74) is 0. The molecule has 2 aliphatic heterocycles. The van der Waals surface area contributed by atoms with E-state index in [0.29, 0.717) is 6.04 Å². The maximum atomic E-state index is 11.7. The highest BCUT2D eigenvalue weighted by Gasteiger charge is 2.33. The Labute approximate surface area is 115 Å². The smallest absolute Gasteiger partial charge is 0.237 e. The van der Waals surface area contributed by atoms with Gasteiger partial charge in [-0.05, 0) is 35.2 Å². The van der Waals surface area contributed by atoms with Crippen LogP contribution >= 0.6 is 15.9 Å². The van der Waals surface area contributed by atoms with Crippen LogP contribution in [0.15, 0.2) is 16.9 Å². The largest absolute Gasteiger partial charge is 0.355 e. The number of hydrogen-bond acceptors (Lipinski definition) is 3. The Morgan fingerprint density at radius 1 is 1.33 bits per heavy atom. The van der Waals surface area contributed by atoms with Crippen molar-refractivity contribution in [1.82, 2.24) is 20.0 Å². The first-order valence-corrected chi connectivity index (χ1v) is 7.25. The predicted molar refractivity (Wildman–Crippen MR) is 71.2 cm³/mol. The van der Waals surface area contributed by atoms with E-state index in [-0.39, 0.29) is 11.9 Å². The zero-order chi connectivity index (χ0) is 12.5. The quantitative estimate of drug-likeness (QED) is 0.892. The van der Waals surface area contributed by atoms with Crippen molar-refractivity contribution in [2.45, 2.75) is 31.3 Å². The minimum absolute atomic E-state index is 0.107. The highest BCUT2D eigenvalue weighted by Crippen LogP contribution is 2.25. The molecule has 0 radical (unpaired) electrons. The second-order valence-electron chi connectivity index (χ2n) is 5.00. The van der Waals surface area contributed by atoms with E-state index in [1.165, 1.54) is 0 Å². The van der Waals surface area contributed by atoms with E-state index in [0.717, 1.165) is 43.4 Å². The average Bonchev–Trinajstić information content (AvgIpc) is 2.98. The molecule has 3 rings (SSSR count). The van der Waals surface area contributed by atoms with Crippen LogP contribution in [-0.4, -0.2) is 46.3 Å². The number of likely N-dealkylation sites (tertiary alicyclic amines) is 1. The van der Waals surface area contributed by atoms with Crippen LogP contribution in [0.3, 0.4) is 0 Å². The molecule has 1 aromatic rings. The molecular formula is C12H17BrN4O. The topological polar surface area (TPSA) is 50.2 Å². The van der Waals surface area contributed by atoms with Gasteiger partial charge >= 0.3 is 0 Å². The highest BCUT2D eigenvalue weighted by molar-refractivity contribution is 9.10. The molecule has 18 heavy (non-hydrogen) atoms. The van der Waals surface area contributed by atoms with Gasteiger partial charge in [-0.3, -0.25) is 14.4 Å². The number of carbonyl (C=O) groups is 1. The molecule has 5 nitrogen and oxygen atoms in total. The summed E-state index contributed by atoms with van der Waals surface area (Å²) in [5, 5.41) is 7.26. The van der Waals surface area contributed by atoms with E-state index >= 15 is 0 Å². The summed E-state index contributed by atoms with van der Waals surface area (Å²) >= 11 is 3.43. The average molecular weight is 313 g/mol. The molecule has 1 N–H and O–H groups in total. The van der Waals surface area contributed by atoms with Gasteiger partial charge in [-0.25, -0.2) is 0 Å². The van der Waals surface area contributed by atoms with Crippen LogP contribution in [-0.2, 0) is 4.79 Å². The van der Waals surface area contributed by atoms with Gasteiger partial charge < -0.3 is 5.32 Å². The number of halogens is 1. The Hall–Kier alpha value is -0.880. The van der Waals surface area contributed by atoms with Crippen molar-refractivity contribution >= 4 is 21.8 Å². The minimum atomic E-state index is 0.107. The number of piperidine rings is 1. The Kier molecular flexibility index (Phi) is 3.39. The molecule has 0 aromatic carbocycles. The fourth-order valence-electron chi connectivity index (χ4n) is 2.91. The summed E-state index contributed by atoms with van der Waals surface area (Å²) < 4.78 is 3.07. The van der Waals surface area contributed by atoms with Crippen LogP contribution < -0.4 is 5.32 Å². The Bertz CT molecular complexity index is 439. The normalized spacial score (nSPS) is 26.5. The van der Waals surface area contributed by atoms with Crippen LogP contribution in [0.4, 0.5) is 0 Å². The number of carbonyl (C=O) groups excluding carboxylic acids is 1. The van der Waals surface area contributed by atoms with Crippen LogP contribution in [0.2, 0.25) is 0 Å². The van der Waals surface area contributed by atoms with E-state index in [9.17, 15) is 4.79 Å². The van der Waals surface area contributed by atoms with Gasteiger partial charge in [0.15, 0.2) is 0 Å². The summed E-state index contributed by atoms with van der Waals surface area (Å²) in [6.45, 7) is 2.80. The Morgan fingerprint density at radius 3 is 2.67 bits per heavy atom. The van der Waals surface area contributed by atoms with Gasteiger partial charge in [0.1, 0.15) is 0 Å². The van der Waals surface area contributed by atoms with Gasteiger partial charge in [0, 0.05) is 25.8 Å². The van der Waals surface area contributed by atoms with Gasteiger partial charge in [-0.15, -0.1) is 0 Å². The van der Waals surface area contributed by atoms with Crippen LogP contribution in [0.25, 0.3) is 0 Å². The number of amides is 1.